The van der Waals surface area contributed by atoms with Crippen molar-refractivity contribution in [3.05, 3.63) is 27.7 Å². The zero-order chi connectivity index (χ0) is 16.2. The molecular formula is C18H27N3O2. The number of nitrogens with one attached hydrogen (secondary N) is 1. The molecule has 1 aromatic rings. The van der Waals surface area contributed by atoms with Gasteiger partial charge in [-0.3, -0.25) is 9.59 Å². The summed E-state index contributed by atoms with van der Waals surface area (Å²) >= 11 is 0. The lowest BCUT2D eigenvalue weighted by molar-refractivity contribution is -0.125. The molecule has 2 aliphatic rings. The summed E-state index contributed by atoms with van der Waals surface area (Å²) in [5.41, 5.74) is 2.13. The Labute approximate surface area is 137 Å². The lowest BCUT2D eigenvalue weighted by atomic mass is 10.1. The highest BCUT2D eigenvalue weighted by Gasteiger charge is 2.24. The highest BCUT2D eigenvalue weighted by Crippen LogP contribution is 2.24. The summed E-state index contributed by atoms with van der Waals surface area (Å²) in [6.45, 7) is 2.40. The van der Waals surface area contributed by atoms with E-state index in [4.69, 9.17) is 0 Å². The molecule has 3 rings (SSSR count). The lowest BCUT2D eigenvalue weighted by Crippen LogP contribution is -2.41. The predicted molar refractivity (Wildman–Crippen MR) is 89.3 cm³/mol. The molecule has 1 N–H and O–H groups in total. The molecule has 23 heavy (non-hydrogen) atoms. The third-order valence-corrected chi connectivity index (χ3v) is 5.09. The molecule has 0 aliphatic heterocycles. The van der Waals surface area contributed by atoms with Crippen molar-refractivity contribution in [2.75, 3.05) is 0 Å². The Hall–Kier alpha value is -1.65. The van der Waals surface area contributed by atoms with Gasteiger partial charge in [-0.2, -0.15) is 5.10 Å². The van der Waals surface area contributed by atoms with E-state index in [1.165, 1.54) is 11.1 Å². The number of hydrogen-bond donors (Lipinski definition) is 1. The van der Waals surface area contributed by atoms with Crippen molar-refractivity contribution in [3.63, 3.8) is 0 Å². The van der Waals surface area contributed by atoms with E-state index in [9.17, 15) is 9.59 Å². The predicted octanol–water partition coefficient (Wildman–Crippen LogP) is 2.21. The summed E-state index contributed by atoms with van der Waals surface area (Å²) in [5, 5.41) is 7.62. The molecule has 1 fully saturated rings. The highest BCUT2D eigenvalue weighted by molar-refractivity contribution is 5.79. The first-order valence-electron chi connectivity index (χ1n) is 9.04. The second-order valence-electron chi connectivity index (χ2n) is 7.09. The quantitative estimate of drug-likeness (QED) is 0.866. The van der Waals surface area contributed by atoms with E-state index in [-0.39, 0.29) is 23.4 Å². The van der Waals surface area contributed by atoms with Crippen LogP contribution in [0.3, 0.4) is 0 Å². The number of aromatic nitrogens is 2. The minimum atomic E-state index is -0.0721. The van der Waals surface area contributed by atoms with Gasteiger partial charge in [0, 0.05) is 18.0 Å². The largest absolute Gasteiger partial charge is 0.352 e. The molecule has 126 valence electrons. The van der Waals surface area contributed by atoms with Gasteiger partial charge in [0.2, 0.25) is 5.91 Å². The van der Waals surface area contributed by atoms with Crippen LogP contribution in [0.1, 0.15) is 63.1 Å². The molecule has 1 saturated carbocycles. The van der Waals surface area contributed by atoms with Crippen molar-refractivity contribution in [3.8, 4) is 0 Å². The number of carbonyl (C=O) groups is 1. The molecule has 1 heterocycles. The number of hydrogen-bond acceptors (Lipinski definition) is 3. The molecule has 1 aromatic heterocycles. The summed E-state index contributed by atoms with van der Waals surface area (Å²) in [5.74, 6) is 0.298. The highest BCUT2D eigenvalue weighted by atomic mass is 16.2. The van der Waals surface area contributed by atoms with Crippen molar-refractivity contribution in [1.29, 1.82) is 0 Å². The van der Waals surface area contributed by atoms with Crippen molar-refractivity contribution in [2.45, 2.75) is 77.3 Å². The van der Waals surface area contributed by atoms with Crippen LogP contribution < -0.4 is 10.9 Å². The Bertz CT molecular complexity index is 617. The van der Waals surface area contributed by atoms with Gasteiger partial charge in [-0.05, 0) is 51.0 Å². The van der Waals surface area contributed by atoms with E-state index >= 15 is 0 Å². The maximum Gasteiger partial charge on any atom is 0.267 e. The van der Waals surface area contributed by atoms with E-state index in [1.807, 2.05) is 6.92 Å². The Morgan fingerprint density at radius 2 is 2.00 bits per heavy atom. The number of fused-ring (bicyclic) bond motifs is 1. The van der Waals surface area contributed by atoms with Crippen molar-refractivity contribution >= 4 is 5.91 Å². The first kappa shape index (κ1) is 16.2. The van der Waals surface area contributed by atoms with Gasteiger partial charge >= 0.3 is 0 Å². The van der Waals surface area contributed by atoms with Crippen LogP contribution in [-0.4, -0.2) is 21.7 Å². The van der Waals surface area contributed by atoms with Crippen molar-refractivity contribution < 1.29 is 4.79 Å². The Kier molecular flexibility index (Phi) is 5.13. The second-order valence-corrected chi connectivity index (χ2v) is 7.09. The molecule has 1 amide bonds. The minimum Gasteiger partial charge on any atom is -0.352 e. The van der Waals surface area contributed by atoms with Gasteiger partial charge in [0.05, 0.1) is 12.2 Å². The molecule has 0 radical (unpaired) electrons. The van der Waals surface area contributed by atoms with Gasteiger partial charge in [-0.25, -0.2) is 4.68 Å². The van der Waals surface area contributed by atoms with Gasteiger partial charge in [0.1, 0.15) is 0 Å². The van der Waals surface area contributed by atoms with E-state index in [2.05, 4.69) is 10.4 Å². The van der Waals surface area contributed by atoms with Crippen LogP contribution in [-0.2, 0) is 24.2 Å². The first-order valence-corrected chi connectivity index (χ1v) is 9.04. The van der Waals surface area contributed by atoms with Crippen LogP contribution in [0.4, 0.5) is 0 Å². The van der Waals surface area contributed by atoms with Gasteiger partial charge in [-0.15, -0.1) is 0 Å². The Morgan fingerprint density at radius 3 is 2.78 bits per heavy atom. The van der Waals surface area contributed by atoms with Crippen LogP contribution in [0, 0.1) is 5.92 Å². The van der Waals surface area contributed by atoms with E-state index < -0.39 is 0 Å². The average molecular weight is 317 g/mol. The summed E-state index contributed by atoms with van der Waals surface area (Å²) in [6.07, 6.45) is 9.71. The zero-order valence-corrected chi connectivity index (χ0v) is 14.0. The molecule has 0 aromatic carbocycles. The van der Waals surface area contributed by atoms with Gasteiger partial charge < -0.3 is 5.32 Å². The molecule has 0 unspecified atom stereocenters. The van der Waals surface area contributed by atoms with Crippen LogP contribution in [0.5, 0.6) is 0 Å². The summed E-state index contributed by atoms with van der Waals surface area (Å²) < 4.78 is 1.53. The monoisotopic (exact) mass is 317 g/mol. The molecule has 1 atom stereocenters. The number of aryl methyl sites for hydroxylation is 2. The molecule has 5 heteroatoms. The zero-order valence-electron chi connectivity index (χ0n) is 14.0. The third kappa shape index (κ3) is 4.01. The molecule has 0 spiro atoms. The molecule has 2 aliphatic carbocycles. The van der Waals surface area contributed by atoms with Gasteiger partial charge in [0.15, 0.2) is 0 Å². The summed E-state index contributed by atoms with van der Waals surface area (Å²) in [6, 6.07) is 1.68. The Morgan fingerprint density at radius 1 is 1.26 bits per heavy atom. The SMILES string of the molecule is C[C@H](Cn1nc2c(cc1=O)CCCCC2)NC(=O)C1CCCC1. The van der Waals surface area contributed by atoms with Gasteiger partial charge in [-0.1, -0.05) is 19.3 Å². The van der Waals surface area contributed by atoms with E-state index in [1.54, 1.807) is 6.07 Å². The average Bonchev–Trinajstić information content (AvgIpc) is 2.96. The standard InChI is InChI=1S/C18H27N3O2/c1-13(19-18(23)14-7-5-6-8-14)12-21-17(22)11-15-9-3-2-4-10-16(15)20-21/h11,13-14H,2-10,12H2,1H3,(H,19,23)/t13-/m1/s1. The second kappa shape index (κ2) is 7.28. The fourth-order valence-electron chi connectivity index (χ4n) is 3.76. The number of carbonyl (C=O) groups excluding carboxylic acids is 1. The number of rotatable bonds is 4. The van der Waals surface area contributed by atoms with Crippen LogP contribution in [0.2, 0.25) is 0 Å². The third-order valence-electron chi connectivity index (χ3n) is 5.09. The van der Waals surface area contributed by atoms with Crippen molar-refractivity contribution in [2.24, 2.45) is 5.92 Å². The summed E-state index contributed by atoms with van der Waals surface area (Å²) in [7, 11) is 0. The molecule has 0 bridgehead atoms. The van der Waals surface area contributed by atoms with E-state index in [0.717, 1.165) is 62.6 Å². The minimum absolute atomic E-state index is 0.0485. The summed E-state index contributed by atoms with van der Waals surface area (Å²) in [4.78, 5) is 24.5. The maximum absolute atomic E-state index is 12.3. The number of amides is 1. The topological polar surface area (TPSA) is 64.0 Å². The van der Waals surface area contributed by atoms with E-state index in [0.29, 0.717) is 6.54 Å². The fraction of sp³-hybridized carbons (Fsp3) is 0.722. The smallest absolute Gasteiger partial charge is 0.267 e. The van der Waals surface area contributed by atoms with Crippen LogP contribution >= 0.6 is 0 Å². The normalized spacial score (nSPS) is 19.9. The molecule has 0 saturated heterocycles. The first-order chi connectivity index (χ1) is 11.1. The van der Waals surface area contributed by atoms with Gasteiger partial charge in [0.25, 0.3) is 5.56 Å². The van der Waals surface area contributed by atoms with Crippen molar-refractivity contribution in [1.82, 2.24) is 15.1 Å². The lowest BCUT2D eigenvalue weighted by Gasteiger charge is -2.18. The fourth-order valence-corrected chi connectivity index (χ4v) is 3.76. The molecule has 5 nitrogen and oxygen atoms in total. The molecular weight excluding hydrogens is 290 g/mol. The Balaban J connectivity index is 1.66. The maximum atomic E-state index is 12.3. The number of nitrogens with zero attached hydrogens (tertiary/aromatic N) is 2. The van der Waals surface area contributed by atoms with Crippen LogP contribution in [0.15, 0.2) is 10.9 Å². The van der Waals surface area contributed by atoms with Crippen LogP contribution in [0.25, 0.3) is 0 Å².